The number of imidazole rings is 1. The lowest BCUT2D eigenvalue weighted by Gasteiger charge is -2.29. The summed E-state index contributed by atoms with van der Waals surface area (Å²) in [5, 5.41) is 3.33. The Balaban J connectivity index is 1.78. The quantitative estimate of drug-likeness (QED) is 0.440. The van der Waals surface area contributed by atoms with Crippen molar-refractivity contribution in [2.45, 2.75) is 64.6 Å². The highest BCUT2D eigenvalue weighted by Crippen LogP contribution is 2.28. The lowest BCUT2D eigenvalue weighted by Crippen LogP contribution is -2.50. The molecule has 3 heterocycles. The van der Waals surface area contributed by atoms with Gasteiger partial charge in [0.05, 0.1) is 5.69 Å². The van der Waals surface area contributed by atoms with Crippen molar-refractivity contribution in [2.24, 2.45) is 5.73 Å². The zero-order valence-corrected chi connectivity index (χ0v) is 20.8. The number of fused-ring (bicyclic) bond motifs is 1. The Morgan fingerprint density at radius 3 is 2.69 bits per heavy atom. The molecule has 0 aliphatic carbocycles. The van der Waals surface area contributed by atoms with E-state index in [2.05, 4.69) is 12.2 Å². The largest absolute Gasteiger partial charge is 0.368 e. The summed E-state index contributed by atoms with van der Waals surface area (Å²) < 4.78 is 3.58. The van der Waals surface area contributed by atoms with Crippen molar-refractivity contribution in [1.29, 1.82) is 0 Å². The molecule has 3 N–H and O–H groups in total. The number of primary amides is 1. The topological polar surface area (TPSA) is 115 Å². The van der Waals surface area contributed by atoms with Crippen LogP contribution >= 0.6 is 11.6 Å². The van der Waals surface area contributed by atoms with Crippen LogP contribution in [0.5, 0.6) is 0 Å². The van der Waals surface area contributed by atoms with Crippen LogP contribution in [0.2, 0.25) is 5.02 Å². The molecule has 0 radical (unpaired) electrons. The molecule has 2 aromatic heterocycles. The summed E-state index contributed by atoms with van der Waals surface area (Å²) >= 11 is 6.04. The maximum absolute atomic E-state index is 13.2. The molecule has 2 amide bonds. The number of rotatable bonds is 9. The number of aromatic nitrogens is 3. The average molecular weight is 499 g/mol. The van der Waals surface area contributed by atoms with Gasteiger partial charge >= 0.3 is 0 Å². The number of carbonyl (C=O) groups excluding carboxylic acids is 2. The van der Waals surface area contributed by atoms with Crippen molar-refractivity contribution < 1.29 is 9.59 Å². The molecule has 4 rings (SSSR count). The summed E-state index contributed by atoms with van der Waals surface area (Å²) in [5.74, 6) is 0.334. The van der Waals surface area contributed by atoms with Crippen LogP contribution < -0.4 is 21.5 Å². The first-order valence-electron chi connectivity index (χ1n) is 12.1. The number of unbranched alkanes of at least 4 members (excludes halogenated alkanes) is 2. The van der Waals surface area contributed by atoms with E-state index >= 15 is 0 Å². The molecule has 9 nitrogen and oxygen atoms in total. The fraction of sp³-hybridized carbons (Fsp3) is 0.440. The fourth-order valence-corrected chi connectivity index (χ4v) is 4.64. The fourth-order valence-electron chi connectivity index (χ4n) is 4.51. The molecule has 0 saturated carbocycles. The molecule has 3 aromatic rings. The molecule has 2 atom stereocenters. The van der Waals surface area contributed by atoms with Crippen LogP contribution in [0.4, 0.5) is 5.82 Å². The van der Waals surface area contributed by atoms with Crippen LogP contribution in [-0.4, -0.2) is 44.4 Å². The predicted molar refractivity (Wildman–Crippen MR) is 137 cm³/mol. The highest BCUT2D eigenvalue weighted by atomic mass is 35.5. The second-order valence-corrected chi connectivity index (χ2v) is 9.42. The van der Waals surface area contributed by atoms with Gasteiger partial charge in [-0.25, -0.2) is 4.98 Å². The molecule has 0 spiro atoms. The maximum atomic E-state index is 13.2. The summed E-state index contributed by atoms with van der Waals surface area (Å²) in [6.07, 6.45) is 6.15. The summed E-state index contributed by atoms with van der Waals surface area (Å²) in [6, 6.07) is 7.64. The van der Waals surface area contributed by atoms with E-state index < -0.39 is 18.0 Å². The summed E-state index contributed by atoms with van der Waals surface area (Å²) in [5.41, 5.74) is 6.65. The van der Waals surface area contributed by atoms with Crippen LogP contribution in [0.15, 0.2) is 41.3 Å². The summed E-state index contributed by atoms with van der Waals surface area (Å²) in [7, 11) is 0. The van der Waals surface area contributed by atoms with E-state index in [9.17, 15) is 14.4 Å². The van der Waals surface area contributed by atoms with Gasteiger partial charge in [0.1, 0.15) is 17.9 Å². The van der Waals surface area contributed by atoms with E-state index in [1.807, 2.05) is 21.6 Å². The number of halogens is 1. The zero-order chi connectivity index (χ0) is 25.1. The average Bonchev–Trinajstić information content (AvgIpc) is 3.49. The highest BCUT2D eigenvalue weighted by Gasteiger charge is 2.34. The summed E-state index contributed by atoms with van der Waals surface area (Å²) in [6.45, 7) is 4.98. The third-order valence-corrected chi connectivity index (χ3v) is 6.71. The van der Waals surface area contributed by atoms with E-state index in [4.69, 9.17) is 22.3 Å². The number of nitrogens with zero attached hydrogens (tertiary/aromatic N) is 4. The molecule has 1 fully saturated rings. The third kappa shape index (κ3) is 5.19. The van der Waals surface area contributed by atoms with Crippen molar-refractivity contribution in [3.8, 4) is 11.3 Å². The Labute approximate surface area is 208 Å². The normalized spacial score (nSPS) is 16.5. The van der Waals surface area contributed by atoms with E-state index in [0.29, 0.717) is 41.8 Å². The number of nitrogens with two attached hydrogens (primary N) is 1. The van der Waals surface area contributed by atoms with Gasteiger partial charge in [-0.3, -0.25) is 23.4 Å². The van der Waals surface area contributed by atoms with Gasteiger partial charge in [0.25, 0.3) is 5.56 Å². The van der Waals surface area contributed by atoms with Crippen molar-refractivity contribution in [2.75, 3.05) is 11.4 Å². The van der Waals surface area contributed by atoms with Gasteiger partial charge in [0.2, 0.25) is 17.6 Å². The van der Waals surface area contributed by atoms with Crippen LogP contribution in [0.1, 0.15) is 46.0 Å². The first kappa shape index (κ1) is 24.8. The van der Waals surface area contributed by atoms with E-state index in [-0.39, 0.29) is 11.5 Å². The van der Waals surface area contributed by atoms with Crippen molar-refractivity contribution >= 4 is 35.0 Å². The molecular formula is C25H31ClN6O3. The number of benzene rings is 1. The first-order chi connectivity index (χ1) is 16.8. The minimum atomic E-state index is -0.770. The molecule has 35 heavy (non-hydrogen) atoms. The van der Waals surface area contributed by atoms with Gasteiger partial charge < -0.3 is 16.0 Å². The van der Waals surface area contributed by atoms with Gasteiger partial charge in [-0.1, -0.05) is 43.5 Å². The SMILES string of the molecule is CCCCCn1c(N2CCC[C@H]2C(=O)N[C@H](C)C(N)=O)cc(=O)n2cc(-c3ccc(Cl)cc3)nc12. The number of carbonyl (C=O) groups is 2. The Morgan fingerprint density at radius 2 is 2.00 bits per heavy atom. The highest BCUT2D eigenvalue weighted by molar-refractivity contribution is 6.30. The van der Waals surface area contributed by atoms with E-state index in [1.165, 1.54) is 0 Å². The second-order valence-electron chi connectivity index (χ2n) is 8.99. The van der Waals surface area contributed by atoms with Gasteiger partial charge in [-0.2, -0.15) is 0 Å². The van der Waals surface area contributed by atoms with Crippen molar-refractivity contribution in [3.05, 3.63) is 51.9 Å². The Bertz CT molecular complexity index is 1280. The molecule has 1 aromatic carbocycles. The Hall–Kier alpha value is -3.33. The molecule has 0 unspecified atom stereocenters. The summed E-state index contributed by atoms with van der Waals surface area (Å²) in [4.78, 5) is 44.4. The molecule has 1 aliphatic rings. The van der Waals surface area contributed by atoms with Crippen LogP contribution in [0.3, 0.4) is 0 Å². The third-order valence-electron chi connectivity index (χ3n) is 6.46. The second kappa shape index (κ2) is 10.5. The lowest BCUT2D eigenvalue weighted by atomic mass is 10.2. The molecule has 0 bridgehead atoms. The lowest BCUT2D eigenvalue weighted by molar-refractivity contribution is -0.127. The van der Waals surface area contributed by atoms with Gasteiger partial charge in [0.15, 0.2) is 0 Å². The van der Waals surface area contributed by atoms with Gasteiger partial charge in [-0.15, -0.1) is 0 Å². The molecule has 1 aliphatic heterocycles. The van der Waals surface area contributed by atoms with E-state index in [1.54, 1.807) is 35.7 Å². The minimum Gasteiger partial charge on any atom is -0.368 e. The number of amides is 2. The number of hydrogen-bond donors (Lipinski definition) is 2. The number of aryl methyl sites for hydroxylation is 1. The number of nitrogens with one attached hydrogen (secondary N) is 1. The standard InChI is InChI=1S/C25H31ClN6O3/c1-3-4-5-12-31-21(30-13-6-7-20(30)24(35)28-16(2)23(27)34)14-22(33)32-15-19(29-25(31)32)17-8-10-18(26)11-9-17/h8-11,14-16,20H,3-7,12-13H2,1-2H3,(H2,27,34)(H,28,35)/t16-,20+/m1/s1. The number of anilines is 1. The number of hydrogen-bond acceptors (Lipinski definition) is 5. The predicted octanol–water partition coefficient (Wildman–Crippen LogP) is 2.97. The van der Waals surface area contributed by atoms with Crippen LogP contribution in [0, 0.1) is 0 Å². The van der Waals surface area contributed by atoms with Gasteiger partial charge in [-0.05, 0) is 38.3 Å². The van der Waals surface area contributed by atoms with Crippen molar-refractivity contribution in [1.82, 2.24) is 19.3 Å². The van der Waals surface area contributed by atoms with Gasteiger partial charge in [0, 0.05) is 35.9 Å². The monoisotopic (exact) mass is 498 g/mol. The van der Waals surface area contributed by atoms with Crippen molar-refractivity contribution in [3.63, 3.8) is 0 Å². The molecule has 1 saturated heterocycles. The molecular weight excluding hydrogens is 468 g/mol. The maximum Gasteiger partial charge on any atom is 0.261 e. The minimum absolute atomic E-state index is 0.217. The Kier molecular flexibility index (Phi) is 7.45. The smallest absolute Gasteiger partial charge is 0.261 e. The van der Waals surface area contributed by atoms with Crippen LogP contribution in [0.25, 0.3) is 17.0 Å². The van der Waals surface area contributed by atoms with Crippen LogP contribution in [-0.2, 0) is 16.1 Å². The Morgan fingerprint density at radius 1 is 1.26 bits per heavy atom. The zero-order valence-electron chi connectivity index (χ0n) is 20.0. The molecule has 186 valence electrons. The molecule has 10 heteroatoms. The van der Waals surface area contributed by atoms with E-state index in [0.717, 1.165) is 31.2 Å². The first-order valence-corrected chi connectivity index (χ1v) is 12.4.